The summed E-state index contributed by atoms with van der Waals surface area (Å²) in [4.78, 5) is 19.3. The summed E-state index contributed by atoms with van der Waals surface area (Å²) in [5, 5.41) is 34.9. The Kier molecular flexibility index (Phi) is 5.12. The van der Waals surface area contributed by atoms with Crippen molar-refractivity contribution in [1.82, 2.24) is 10.3 Å². The van der Waals surface area contributed by atoms with Crippen molar-refractivity contribution in [2.45, 2.75) is 6.04 Å². The van der Waals surface area contributed by atoms with Crippen LogP contribution in [0.15, 0.2) is 17.1 Å². The number of ether oxygens (including phenoxy) is 2. The summed E-state index contributed by atoms with van der Waals surface area (Å²) < 4.78 is 10.5. The number of nitro benzene ring substituents is 1. The van der Waals surface area contributed by atoms with Gasteiger partial charge in [0, 0.05) is 11.1 Å². The molecule has 1 atom stereocenters. The molecular weight excluding hydrogens is 394 g/mol. The van der Waals surface area contributed by atoms with Gasteiger partial charge in [0.1, 0.15) is 35.1 Å². The van der Waals surface area contributed by atoms with Gasteiger partial charge in [-0.2, -0.15) is 10.5 Å². The van der Waals surface area contributed by atoms with Crippen LogP contribution in [0.3, 0.4) is 0 Å². The Morgan fingerprint density at radius 1 is 1.27 bits per heavy atom. The van der Waals surface area contributed by atoms with Gasteiger partial charge in [-0.25, -0.2) is 9.98 Å². The van der Waals surface area contributed by atoms with Gasteiger partial charge in [0.05, 0.1) is 30.9 Å². The van der Waals surface area contributed by atoms with Gasteiger partial charge >= 0.3 is 5.69 Å². The van der Waals surface area contributed by atoms with Gasteiger partial charge in [-0.05, 0) is 6.07 Å². The van der Waals surface area contributed by atoms with Gasteiger partial charge in [0.2, 0.25) is 5.96 Å². The normalized spacial score (nSPS) is 14.3. The summed E-state index contributed by atoms with van der Waals surface area (Å²) in [5.74, 6) is 0.177. The van der Waals surface area contributed by atoms with Gasteiger partial charge in [-0.1, -0.05) is 0 Å². The standard InChI is InChI=1S/C17H15N9O4/c1-29-10-4-9(26(27)28)11(30-2)3-7(10)14-12-13(20)8(5-18)15(21)24-16(12)25-17(23-14)22-6-19/h3-4,14H,1-2H3,(H6,20,21,22,23,24,25). The monoisotopic (exact) mass is 409 g/mol. The topological polar surface area (TPSA) is 211 Å². The number of nitrogens with zero attached hydrogens (tertiary/aromatic N) is 5. The SMILES string of the molecule is COc1cc([N+](=O)[O-])c(OC)cc1C1N=C(NC#N)Nc2nc(N)c(C#N)c(N)c21. The fourth-order valence-electron chi connectivity index (χ4n) is 3.07. The van der Waals surface area contributed by atoms with Crippen molar-refractivity contribution in [2.24, 2.45) is 4.99 Å². The van der Waals surface area contributed by atoms with Crippen LogP contribution in [0, 0.1) is 32.9 Å². The third kappa shape index (κ3) is 3.16. The predicted molar refractivity (Wildman–Crippen MR) is 106 cm³/mol. The number of nitro groups is 1. The largest absolute Gasteiger partial charge is 0.496 e. The molecule has 2 aromatic rings. The lowest BCUT2D eigenvalue weighted by Gasteiger charge is -2.27. The third-order valence-electron chi connectivity index (χ3n) is 4.38. The number of guanidine groups is 1. The smallest absolute Gasteiger partial charge is 0.314 e. The van der Waals surface area contributed by atoms with E-state index in [1.165, 1.54) is 26.4 Å². The number of aromatic nitrogens is 1. The number of nitrogens with two attached hydrogens (primary N) is 2. The number of fused-ring (bicyclic) bond motifs is 1. The van der Waals surface area contributed by atoms with E-state index in [9.17, 15) is 15.4 Å². The zero-order chi connectivity index (χ0) is 22.0. The molecule has 0 aliphatic carbocycles. The minimum atomic E-state index is -0.943. The molecule has 0 saturated heterocycles. The first-order valence-electron chi connectivity index (χ1n) is 8.25. The molecule has 152 valence electrons. The second-order valence-electron chi connectivity index (χ2n) is 5.92. The van der Waals surface area contributed by atoms with Crippen LogP contribution >= 0.6 is 0 Å². The van der Waals surface area contributed by atoms with E-state index in [1.807, 2.05) is 6.07 Å². The first kappa shape index (κ1) is 20.0. The molecule has 0 bridgehead atoms. The number of rotatable bonds is 4. The number of nitriles is 2. The summed E-state index contributed by atoms with van der Waals surface area (Å²) >= 11 is 0. The Hall–Kier alpha value is -4.78. The Balaban J connectivity index is 2.34. The average molecular weight is 409 g/mol. The fraction of sp³-hybridized carbons (Fsp3) is 0.176. The van der Waals surface area contributed by atoms with E-state index >= 15 is 0 Å². The van der Waals surface area contributed by atoms with E-state index in [4.69, 9.17) is 26.2 Å². The van der Waals surface area contributed by atoms with Crippen LogP contribution in [-0.4, -0.2) is 30.1 Å². The van der Waals surface area contributed by atoms with Gasteiger partial charge < -0.3 is 26.3 Å². The second kappa shape index (κ2) is 7.69. The molecule has 1 unspecified atom stereocenters. The van der Waals surface area contributed by atoms with Crippen molar-refractivity contribution < 1.29 is 14.4 Å². The van der Waals surface area contributed by atoms with Crippen LogP contribution < -0.4 is 31.6 Å². The fourth-order valence-corrected chi connectivity index (χ4v) is 3.07. The van der Waals surface area contributed by atoms with Crippen molar-refractivity contribution in [3.8, 4) is 23.8 Å². The average Bonchev–Trinajstić information content (AvgIpc) is 2.72. The second-order valence-corrected chi connectivity index (χ2v) is 5.92. The lowest BCUT2D eigenvalue weighted by Crippen LogP contribution is -2.32. The number of anilines is 3. The van der Waals surface area contributed by atoms with Crippen LogP contribution in [0.2, 0.25) is 0 Å². The number of nitrogens with one attached hydrogen (secondary N) is 2. The first-order chi connectivity index (χ1) is 14.4. The molecule has 30 heavy (non-hydrogen) atoms. The molecule has 1 aromatic heterocycles. The highest BCUT2D eigenvalue weighted by Crippen LogP contribution is 2.46. The lowest BCUT2D eigenvalue weighted by molar-refractivity contribution is -0.385. The van der Waals surface area contributed by atoms with Crippen molar-refractivity contribution in [2.75, 3.05) is 31.0 Å². The van der Waals surface area contributed by atoms with E-state index in [0.29, 0.717) is 11.1 Å². The molecule has 0 radical (unpaired) electrons. The van der Waals surface area contributed by atoms with Crippen LogP contribution in [0.1, 0.15) is 22.7 Å². The molecule has 0 fully saturated rings. The number of aliphatic imine (C=N–C) groups is 1. The maximum Gasteiger partial charge on any atom is 0.314 e. The quantitative estimate of drug-likeness (QED) is 0.242. The molecule has 1 aliphatic heterocycles. The van der Waals surface area contributed by atoms with Crippen molar-refractivity contribution >= 4 is 29.0 Å². The third-order valence-corrected chi connectivity index (χ3v) is 4.38. The Morgan fingerprint density at radius 2 is 1.97 bits per heavy atom. The maximum absolute atomic E-state index is 11.4. The minimum Gasteiger partial charge on any atom is -0.496 e. The Morgan fingerprint density at radius 3 is 2.53 bits per heavy atom. The van der Waals surface area contributed by atoms with Crippen molar-refractivity contribution in [1.29, 1.82) is 10.5 Å². The molecule has 3 rings (SSSR count). The molecule has 1 aromatic carbocycles. The summed E-state index contributed by atoms with van der Waals surface area (Å²) in [6.45, 7) is 0. The molecule has 0 saturated carbocycles. The predicted octanol–water partition coefficient (Wildman–Crippen LogP) is 0.985. The Bertz CT molecular complexity index is 1160. The number of pyridine rings is 1. The summed E-state index contributed by atoms with van der Waals surface area (Å²) in [6.07, 6.45) is 1.74. The highest BCUT2D eigenvalue weighted by atomic mass is 16.6. The van der Waals surface area contributed by atoms with Crippen LogP contribution in [-0.2, 0) is 0 Å². The molecular formula is C17H15N9O4. The van der Waals surface area contributed by atoms with E-state index in [1.54, 1.807) is 6.19 Å². The number of benzene rings is 1. The summed E-state index contributed by atoms with van der Waals surface area (Å²) in [7, 11) is 2.62. The zero-order valence-electron chi connectivity index (χ0n) is 15.8. The molecule has 13 heteroatoms. The van der Waals surface area contributed by atoms with E-state index in [2.05, 4.69) is 20.6 Å². The van der Waals surface area contributed by atoms with Gasteiger partial charge in [0.25, 0.3) is 0 Å². The van der Waals surface area contributed by atoms with E-state index in [0.717, 1.165) is 0 Å². The van der Waals surface area contributed by atoms with E-state index < -0.39 is 11.0 Å². The minimum absolute atomic E-state index is 0.0247. The molecule has 1 aliphatic rings. The van der Waals surface area contributed by atoms with Crippen molar-refractivity contribution in [3.63, 3.8) is 0 Å². The summed E-state index contributed by atoms with van der Waals surface area (Å²) in [5.41, 5.74) is 12.3. The van der Waals surface area contributed by atoms with Crippen LogP contribution in [0.25, 0.3) is 0 Å². The van der Waals surface area contributed by atoms with Gasteiger partial charge in [-0.3, -0.25) is 15.4 Å². The van der Waals surface area contributed by atoms with Crippen LogP contribution in [0.4, 0.5) is 23.0 Å². The molecule has 0 spiro atoms. The molecule has 2 heterocycles. The lowest BCUT2D eigenvalue weighted by atomic mass is 9.94. The van der Waals surface area contributed by atoms with Gasteiger partial charge in [0.15, 0.2) is 11.9 Å². The number of hydrogen-bond donors (Lipinski definition) is 4. The number of methoxy groups -OCH3 is 2. The van der Waals surface area contributed by atoms with E-state index in [-0.39, 0.29) is 46.0 Å². The van der Waals surface area contributed by atoms with Crippen LogP contribution in [0.5, 0.6) is 11.5 Å². The molecule has 13 nitrogen and oxygen atoms in total. The highest BCUT2D eigenvalue weighted by molar-refractivity contribution is 5.98. The zero-order valence-corrected chi connectivity index (χ0v) is 15.8. The molecule has 6 N–H and O–H groups in total. The highest BCUT2D eigenvalue weighted by Gasteiger charge is 2.33. The Labute approximate surface area is 169 Å². The van der Waals surface area contributed by atoms with Crippen molar-refractivity contribution in [3.05, 3.63) is 38.9 Å². The molecule has 0 amide bonds. The van der Waals surface area contributed by atoms with Gasteiger partial charge in [-0.15, -0.1) is 0 Å². The summed E-state index contributed by atoms with van der Waals surface area (Å²) in [6, 6.07) is 3.52. The first-order valence-corrected chi connectivity index (χ1v) is 8.25. The number of nitrogen functional groups attached to an aromatic ring is 2. The number of hydrogen-bond acceptors (Lipinski definition) is 12. The maximum atomic E-state index is 11.4.